The van der Waals surface area contributed by atoms with Crippen molar-refractivity contribution in [1.29, 1.82) is 0 Å². The normalized spacial score (nSPS) is 40.6. The van der Waals surface area contributed by atoms with Gasteiger partial charge in [0.05, 0.1) is 18.1 Å². The van der Waals surface area contributed by atoms with Crippen LogP contribution in [0.25, 0.3) is 0 Å². The van der Waals surface area contributed by atoms with Crippen LogP contribution < -0.4 is 10.6 Å². The third kappa shape index (κ3) is 3.87. The van der Waals surface area contributed by atoms with Crippen LogP contribution in [0.5, 0.6) is 0 Å². The van der Waals surface area contributed by atoms with Crippen LogP contribution in [0.4, 0.5) is 4.79 Å². The van der Waals surface area contributed by atoms with E-state index in [1.54, 1.807) is 5.57 Å². The number of rotatable bonds is 5. The van der Waals surface area contributed by atoms with Crippen molar-refractivity contribution >= 4 is 23.7 Å². The molecule has 0 aromatic rings. The summed E-state index contributed by atoms with van der Waals surface area (Å²) in [5, 5.41) is 6.59. The topological polar surface area (TPSA) is 64.7 Å². The average molecular weight is 459 g/mol. The number of unbranched alkanes of at least 4 members (excludes halogenated alkanes) is 1. The molecule has 0 aromatic carbocycles. The van der Waals surface area contributed by atoms with E-state index in [1.165, 1.54) is 45.2 Å². The molecule has 7 atom stereocenters. The second kappa shape index (κ2) is 8.86. The molecule has 0 saturated carbocycles. The lowest BCUT2D eigenvalue weighted by molar-refractivity contribution is -0.136. The van der Waals surface area contributed by atoms with Crippen LogP contribution >= 0.6 is 11.8 Å². The lowest BCUT2D eigenvalue weighted by Gasteiger charge is -2.54. The number of fused-ring (bicyclic) bond motifs is 7. The predicted molar refractivity (Wildman–Crippen MR) is 128 cm³/mol. The predicted octanol–water partition coefficient (Wildman–Crippen LogP) is 3.13. The van der Waals surface area contributed by atoms with Gasteiger partial charge in [0.25, 0.3) is 0 Å². The van der Waals surface area contributed by atoms with E-state index >= 15 is 0 Å². The smallest absolute Gasteiger partial charge is 0.315 e. The Bertz CT molecular complexity index is 788. The maximum Gasteiger partial charge on any atom is 0.315 e. The van der Waals surface area contributed by atoms with Gasteiger partial charge in [-0.15, -0.1) is 0 Å². The summed E-state index contributed by atoms with van der Waals surface area (Å²) >= 11 is 1.97. The molecule has 32 heavy (non-hydrogen) atoms. The van der Waals surface area contributed by atoms with Crippen molar-refractivity contribution in [2.24, 2.45) is 11.8 Å². The van der Waals surface area contributed by atoms with Crippen LogP contribution in [0.1, 0.15) is 64.2 Å². The molecule has 2 N–H and O–H groups in total. The Morgan fingerprint density at radius 1 is 1.16 bits per heavy atom. The Balaban J connectivity index is 1.04. The number of carbonyl (C=O) groups is 2. The molecule has 3 amide bonds. The lowest BCUT2D eigenvalue weighted by Crippen LogP contribution is -2.60. The van der Waals surface area contributed by atoms with Crippen molar-refractivity contribution < 1.29 is 9.59 Å². The number of hydrogen-bond donors (Lipinski definition) is 2. The summed E-state index contributed by atoms with van der Waals surface area (Å²) in [5.41, 5.74) is 1.59. The highest BCUT2D eigenvalue weighted by Crippen LogP contribution is 2.45. The number of carbonyl (C=O) groups excluding carboxylic acids is 2. The van der Waals surface area contributed by atoms with E-state index < -0.39 is 0 Å². The third-order valence-corrected chi connectivity index (χ3v) is 10.6. The van der Waals surface area contributed by atoms with Gasteiger partial charge in [0.1, 0.15) is 0 Å². The van der Waals surface area contributed by atoms with Gasteiger partial charge in [-0.25, -0.2) is 4.79 Å². The largest absolute Gasteiger partial charge is 0.336 e. The van der Waals surface area contributed by atoms with Gasteiger partial charge in [0.15, 0.2) is 0 Å². The quantitative estimate of drug-likeness (QED) is 0.377. The van der Waals surface area contributed by atoms with Gasteiger partial charge < -0.3 is 15.5 Å². The second-order valence-corrected chi connectivity index (χ2v) is 12.2. The van der Waals surface area contributed by atoms with Crippen LogP contribution in [0.3, 0.4) is 0 Å². The van der Waals surface area contributed by atoms with Crippen molar-refractivity contribution in [2.45, 2.75) is 93.6 Å². The Morgan fingerprint density at radius 2 is 2.09 bits per heavy atom. The summed E-state index contributed by atoms with van der Waals surface area (Å²) in [7, 11) is 0. The number of urea groups is 1. The second-order valence-electron chi connectivity index (χ2n) is 11.0. The first kappa shape index (κ1) is 21.3. The van der Waals surface area contributed by atoms with Crippen molar-refractivity contribution in [3.8, 4) is 0 Å². The van der Waals surface area contributed by atoms with Crippen molar-refractivity contribution in [2.75, 3.05) is 25.4 Å². The molecule has 1 aliphatic carbocycles. The van der Waals surface area contributed by atoms with Gasteiger partial charge >= 0.3 is 6.03 Å². The molecule has 0 aromatic heterocycles. The molecule has 6 nitrogen and oxygen atoms in total. The van der Waals surface area contributed by atoms with Crippen molar-refractivity contribution in [3.05, 3.63) is 11.6 Å². The minimum Gasteiger partial charge on any atom is -0.336 e. The molecule has 5 heterocycles. The van der Waals surface area contributed by atoms with Gasteiger partial charge in [0, 0.05) is 36.6 Å². The molecule has 0 unspecified atom stereocenters. The van der Waals surface area contributed by atoms with Gasteiger partial charge in [-0.2, -0.15) is 11.8 Å². The molecular formula is C25H38N4O2S. The zero-order valence-corrected chi connectivity index (χ0v) is 20.0. The van der Waals surface area contributed by atoms with Crippen LogP contribution in [-0.4, -0.2) is 76.5 Å². The van der Waals surface area contributed by atoms with Gasteiger partial charge in [0.2, 0.25) is 5.91 Å². The maximum atomic E-state index is 13.3. The van der Waals surface area contributed by atoms with Crippen LogP contribution in [0, 0.1) is 11.8 Å². The molecule has 6 rings (SSSR count). The fraction of sp³-hybridized carbons (Fsp3) is 0.840. The zero-order chi connectivity index (χ0) is 21.7. The van der Waals surface area contributed by atoms with E-state index in [-0.39, 0.29) is 12.1 Å². The highest BCUT2D eigenvalue weighted by molar-refractivity contribution is 8.00. The molecule has 5 saturated heterocycles. The number of thioether (sulfide) groups is 1. The summed E-state index contributed by atoms with van der Waals surface area (Å²) in [5.74, 6) is 2.77. The molecule has 176 valence electrons. The molecule has 5 fully saturated rings. The molecule has 2 bridgehead atoms. The minimum atomic E-state index is -0.0113. The van der Waals surface area contributed by atoms with E-state index in [4.69, 9.17) is 0 Å². The summed E-state index contributed by atoms with van der Waals surface area (Å²) in [6.45, 7) is 3.41. The summed E-state index contributed by atoms with van der Waals surface area (Å²) in [6.07, 6.45) is 14.2. The first-order chi connectivity index (χ1) is 15.7. The molecule has 6 aliphatic rings. The third-order valence-electron chi connectivity index (χ3n) is 9.04. The SMILES string of the molecule is O=C1N[C@H]2[C@H](CS[C@H]2CCCCC(=O)N2CCCC3=C[C@H]4C[C@H](CN5CCCC[C@H]45)[C@@H]32)N1. The summed E-state index contributed by atoms with van der Waals surface area (Å²) in [4.78, 5) is 29.9. The first-order valence-corrected chi connectivity index (χ1v) is 14.1. The van der Waals surface area contributed by atoms with Gasteiger partial charge in [-0.05, 0) is 63.3 Å². The monoisotopic (exact) mass is 458 g/mol. The highest BCUT2D eigenvalue weighted by atomic mass is 32.2. The van der Waals surface area contributed by atoms with E-state index in [0.717, 1.165) is 49.9 Å². The van der Waals surface area contributed by atoms with E-state index in [0.29, 0.717) is 35.6 Å². The Kier molecular flexibility index (Phi) is 5.91. The first-order valence-electron chi connectivity index (χ1n) is 13.1. The van der Waals surface area contributed by atoms with E-state index in [9.17, 15) is 9.59 Å². The number of piperidine rings is 3. The molecule has 5 aliphatic heterocycles. The fourth-order valence-electron chi connectivity index (χ4n) is 7.66. The summed E-state index contributed by atoms with van der Waals surface area (Å²) in [6, 6.07) is 1.71. The zero-order valence-electron chi connectivity index (χ0n) is 19.1. The standard InChI is InChI=1S/C25H38N4O2S/c30-22(9-2-1-8-21-23-19(15-32-21)26-25(31)27-23)29-11-5-6-16-12-17-13-18(24(16)29)14-28-10-4-3-7-20(17)28/h12,17-21,23-24H,1-11,13-15H2,(H2,26,27,31)/t17-,18+,19-,20+,21-,23-,24+/m0/s1. The fourth-order valence-corrected chi connectivity index (χ4v) is 9.21. The maximum absolute atomic E-state index is 13.3. The van der Waals surface area contributed by atoms with Crippen LogP contribution in [0.15, 0.2) is 11.6 Å². The number of nitrogens with zero attached hydrogens (tertiary/aromatic N) is 2. The Labute approximate surface area is 196 Å². The van der Waals surface area contributed by atoms with Gasteiger partial charge in [-0.1, -0.05) is 24.5 Å². The highest BCUT2D eigenvalue weighted by Gasteiger charge is 2.47. The van der Waals surface area contributed by atoms with Crippen molar-refractivity contribution in [3.63, 3.8) is 0 Å². The molecule has 7 heteroatoms. The Morgan fingerprint density at radius 3 is 3.03 bits per heavy atom. The number of hydrogen-bond acceptors (Lipinski definition) is 4. The lowest BCUT2D eigenvalue weighted by atomic mass is 9.68. The Hall–Kier alpha value is -1.21. The molecular weight excluding hydrogens is 420 g/mol. The van der Waals surface area contributed by atoms with Crippen molar-refractivity contribution in [1.82, 2.24) is 20.4 Å². The number of likely N-dealkylation sites (tertiary alicyclic amines) is 1. The van der Waals surface area contributed by atoms with Crippen LogP contribution in [-0.2, 0) is 4.79 Å². The minimum absolute atomic E-state index is 0.0113. The number of nitrogens with one attached hydrogen (secondary N) is 2. The van der Waals surface area contributed by atoms with Gasteiger partial charge in [-0.3, -0.25) is 9.69 Å². The average Bonchev–Trinajstić information content (AvgIpc) is 3.35. The molecule has 0 radical (unpaired) electrons. The van der Waals surface area contributed by atoms with E-state index in [1.807, 2.05) is 11.8 Å². The van der Waals surface area contributed by atoms with Crippen LogP contribution in [0.2, 0.25) is 0 Å². The summed E-state index contributed by atoms with van der Waals surface area (Å²) < 4.78 is 0. The number of amides is 3. The molecule has 0 spiro atoms. The van der Waals surface area contributed by atoms with E-state index in [2.05, 4.69) is 26.5 Å².